The zero-order valence-electron chi connectivity index (χ0n) is 12.4. The molecule has 0 aliphatic heterocycles. The molecular weight excluding hydrogens is 320 g/mol. The fourth-order valence-corrected chi connectivity index (χ4v) is 2.77. The number of allylic oxidation sites excluding steroid dienone is 2. The molecule has 2 aromatic carbocycles. The number of ketones is 1. The maximum atomic E-state index is 11.5. The van der Waals surface area contributed by atoms with Gasteiger partial charge < -0.3 is 5.11 Å². The summed E-state index contributed by atoms with van der Waals surface area (Å²) in [7, 11) is -4.45. The first-order valence-electron chi connectivity index (χ1n) is 6.53. The number of hydrogen-bond acceptors (Lipinski definition) is 6. The highest BCUT2D eigenvalue weighted by molar-refractivity contribution is 7.86. The second kappa shape index (κ2) is 6.27. The number of nitrogens with zero attached hydrogens (tertiary/aromatic N) is 2. The molecule has 0 unspecified atom stereocenters. The molecule has 23 heavy (non-hydrogen) atoms. The van der Waals surface area contributed by atoms with Gasteiger partial charge in [0, 0.05) is 12.3 Å². The molecule has 0 radical (unpaired) electrons. The van der Waals surface area contributed by atoms with Crippen LogP contribution in [0.1, 0.15) is 13.8 Å². The first kappa shape index (κ1) is 16.8. The van der Waals surface area contributed by atoms with Crippen molar-refractivity contribution in [3.63, 3.8) is 0 Å². The van der Waals surface area contributed by atoms with E-state index in [1.165, 1.54) is 13.8 Å². The summed E-state index contributed by atoms with van der Waals surface area (Å²) in [6.07, 6.45) is 0. The van der Waals surface area contributed by atoms with Gasteiger partial charge in [0.05, 0.1) is 5.69 Å². The van der Waals surface area contributed by atoms with E-state index >= 15 is 0 Å². The molecule has 0 aliphatic rings. The van der Waals surface area contributed by atoms with Crippen LogP contribution in [0.2, 0.25) is 0 Å². The molecule has 120 valence electrons. The third kappa shape index (κ3) is 3.79. The molecule has 0 spiro atoms. The van der Waals surface area contributed by atoms with E-state index in [4.69, 9.17) is 0 Å². The minimum atomic E-state index is -4.45. The van der Waals surface area contributed by atoms with Crippen LogP contribution < -0.4 is 0 Å². The van der Waals surface area contributed by atoms with Gasteiger partial charge in [0.2, 0.25) is 0 Å². The van der Waals surface area contributed by atoms with E-state index < -0.39 is 15.9 Å². The number of carbonyl (C=O) groups excluding carboxylic acids is 1. The van der Waals surface area contributed by atoms with Crippen LogP contribution in [-0.2, 0) is 14.9 Å². The van der Waals surface area contributed by atoms with Gasteiger partial charge in [0.15, 0.2) is 11.5 Å². The Balaban J connectivity index is 2.64. The van der Waals surface area contributed by atoms with Crippen molar-refractivity contribution in [1.82, 2.24) is 0 Å². The Morgan fingerprint density at radius 2 is 1.78 bits per heavy atom. The molecule has 2 N–H and O–H groups in total. The van der Waals surface area contributed by atoms with E-state index in [0.29, 0.717) is 10.8 Å². The zero-order valence-corrected chi connectivity index (χ0v) is 13.2. The average Bonchev–Trinajstić information content (AvgIpc) is 2.44. The summed E-state index contributed by atoms with van der Waals surface area (Å²) in [5.74, 6) is -0.776. The van der Waals surface area contributed by atoms with Gasteiger partial charge in [0.1, 0.15) is 10.7 Å². The Labute approximate surface area is 132 Å². The first-order valence-corrected chi connectivity index (χ1v) is 7.97. The van der Waals surface area contributed by atoms with Crippen molar-refractivity contribution in [3.8, 4) is 0 Å². The Hall–Kier alpha value is -2.58. The second-order valence-electron chi connectivity index (χ2n) is 4.83. The number of benzene rings is 2. The van der Waals surface area contributed by atoms with Crippen LogP contribution in [0.5, 0.6) is 0 Å². The largest absolute Gasteiger partial charge is 0.510 e. The number of azo groups is 1. The lowest BCUT2D eigenvalue weighted by Crippen LogP contribution is -1.99. The highest BCUT2D eigenvalue weighted by atomic mass is 32.2. The molecule has 0 heterocycles. The number of aliphatic hydroxyl groups excluding tert-OH is 1. The number of carbonyl (C=O) groups is 1. The van der Waals surface area contributed by atoms with Gasteiger partial charge >= 0.3 is 0 Å². The van der Waals surface area contributed by atoms with Crippen molar-refractivity contribution in [2.75, 3.05) is 0 Å². The van der Waals surface area contributed by atoms with Gasteiger partial charge in [0.25, 0.3) is 10.1 Å². The van der Waals surface area contributed by atoms with Gasteiger partial charge in [-0.3, -0.25) is 9.35 Å². The van der Waals surface area contributed by atoms with Crippen molar-refractivity contribution < 1.29 is 22.9 Å². The van der Waals surface area contributed by atoms with E-state index in [-0.39, 0.29) is 22.0 Å². The molecule has 0 bridgehead atoms. The second-order valence-corrected chi connectivity index (χ2v) is 6.22. The van der Waals surface area contributed by atoms with E-state index in [1.54, 1.807) is 30.3 Å². The van der Waals surface area contributed by atoms with E-state index in [1.807, 2.05) is 0 Å². The molecule has 0 aliphatic carbocycles. The molecule has 0 saturated carbocycles. The molecule has 7 nitrogen and oxygen atoms in total. The molecule has 8 heteroatoms. The van der Waals surface area contributed by atoms with Gasteiger partial charge in [-0.05, 0) is 24.4 Å². The highest BCUT2D eigenvalue weighted by Gasteiger charge is 2.15. The summed E-state index contributed by atoms with van der Waals surface area (Å²) in [6.45, 7) is 2.51. The van der Waals surface area contributed by atoms with Gasteiger partial charge in [-0.1, -0.05) is 24.3 Å². The Kier molecular flexibility index (Phi) is 4.57. The Bertz CT molecular complexity index is 941. The lowest BCUT2D eigenvalue weighted by molar-refractivity contribution is -0.113. The Morgan fingerprint density at radius 3 is 2.35 bits per heavy atom. The molecule has 0 aromatic heterocycles. The van der Waals surface area contributed by atoms with E-state index in [9.17, 15) is 22.9 Å². The summed E-state index contributed by atoms with van der Waals surface area (Å²) < 4.78 is 32.4. The fourth-order valence-electron chi connectivity index (χ4n) is 2.04. The van der Waals surface area contributed by atoms with Crippen LogP contribution in [0, 0.1) is 0 Å². The normalized spacial score (nSPS) is 13.3. The molecule has 0 saturated heterocycles. The minimum absolute atomic E-state index is 0.122. The monoisotopic (exact) mass is 334 g/mol. The van der Waals surface area contributed by atoms with E-state index in [2.05, 4.69) is 10.2 Å². The van der Waals surface area contributed by atoms with Crippen molar-refractivity contribution in [2.24, 2.45) is 10.2 Å². The molecule has 0 amide bonds. The van der Waals surface area contributed by atoms with Crippen LogP contribution in [0.4, 0.5) is 5.69 Å². The van der Waals surface area contributed by atoms with Crippen LogP contribution in [0.25, 0.3) is 10.8 Å². The summed E-state index contributed by atoms with van der Waals surface area (Å²) >= 11 is 0. The summed E-state index contributed by atoms with van der Waals surface area (Å²) in [5, 5.41) is 17.7. The van der Waals surface area contributed by atoms with Gasteiger partial charge in [-0.2, -0.15) is 13.5 Å². The number of aliphatic hydroxyl groups is 1. The maximum absolute atomic E-state index is 11.5. The zero-order chi connectivity index (χ0) is 17.2. The van der Waals surface area contributed by atoms with Crippen molar-refractivity contribution in [3.05, 3.63) is 47.9 Å². The Morgan fingerprint density at radius 1 is 1.13 bits per heavy atom. The van der Waals surface area contributed by atoms with Crippen LogP contribution in [0.3, 0.4) is 0 Å². The summed E-state index contributed by atoms with van der Waals surface area (Å²) in [4.78, 5) is 11.0. The number of Topliss-reactive ketones (excluding diaryl/α,β-unsaturated/α-hetero) is 1. The smallest absolute Gasteiger partial charge is 0.295 e. The average molecular weight is 334 g/mol. The minimum Gasteiger partial charge on any atom is -0.510 e. The van der Waals surface area contributed by atoms with Crippen LogP contribution >= 0.6 is 0 Å². The lowest BCUT2D eigenvalue weighted by atomic mass is 10.1. The third-order valence-corrected chi connectivity index (χ3v) is 3.92. The van der Waals surface area contributed by atoms with Crippen molar-refractivity contribution in [1.29, 1.82) is 0 Å². The number of fused-ring (bicyclic) bond motifs is 1. The summed E-state index contributed by atoms with van der Waals surface area (Å²) in [6, 6.07) is 9.25. The molecule has 2 rings (SSSR count). The molecule has 0 atom stereocenters. The molecule has 2 aromatic rings. The van der Waals surface area contributed by atoms with Crippen LogP contribution in [-0.4, -0.2) is 23.9 Å². The third-order valence-electron chi connectivity index (χ3n) is 3.03. The summed E-state index contributed by atoms with van der Waals surface area (Å²) in [5.41, 5.74) is -0.108. The topological polar surface area (TPSA) is 116 Å². The van der Waals surface area contributed by atoms with Crippen molar-refractivity contribution in [2.45, 2.75) is 18.7 Å². The predicted octanol–water partition coefficient (Wildman–Crippen LogP) is 3.55. The van der Waals surface area contributed by atoms with Gasteiger partial charge in [-0.15, -0.1) is 5.11 Å². The molecular formula is C15H14N2O5S. The quantitative estimate of drug-likeness (QED) is 0.384. The first-order chi connectivity index (χ1) is 10.7. The number of rotatable bonds is 4. The van der Waals surface area contributed by atoms with Crippen LogP contribution in [0.15, 0.2) is 63.0 Å². The number of hydrogen-bond donors (Lipinski definition) is 2. The highest BCUT2D eigenvalue weighted by Crippen LogP contribution is 2.29. The fraction of sp³-hybridized carbons (Fsp3) is 0.133. The predicted molar refractivity (Wildman–Crippen MR) is 84.3 cm³/mol. The van der Waals surface area contributed by atoms with E-state index in [0.717, 1.165) is 6.07 Å². The maximum Gasteiger partial charge on any atom is 0.295 e. The standard InChI is InChI=1S/C15H14N2O5S/c1-9(18)15(10(2)19)17-16-12-7-11-5-3-4-6-13(11)14(8-12)23(20,21)22/h3-8,18H,1-2H3,(H,20,21,22)/b15-9-,17-16?. The SMILES string of the molecule is CC(=O)/C(N=Nc1cc(S(=O)(=O)O)c2ccccc2c1)=C(\C)O. The van der Waals surface area contributed by atoms with Gasteiger partial charge in [-0.25, -0.2) is 0 Å². The molecule has 0 fully saturated rings. The van der Waals surface area contributed by atoms with Crippen molar-refractivity contribution >= 4 is 32.4 Å². The lowest BCUT2D eigenvalue weighted by Gasteiger charge is -2.05.